The smallest absolute Gasteiger partial charge is 0.197 e. The third-order valence-corrected chi connectivity index (χ3v) is 11.0. The van der Waals surface area contributed by atoms with Crippen LogP contribution in [0.25, 0.3) is 11.0 Å². The van der Waals surface area contributed by atoms with Crippen LogP contribution in [-0.2, 0) is 0 Å². The Morgan fingerprint density at radius 1 is 0.566 bits per heavy atom. The van der Waals surface area contributed by atoms with E-state index in [-0.39, 0.29) is 40.8 Å². The van der Waals surface area contributed by atoms with Gasteiger partial charge in [0, 0.05) is 11.1 Å². The normalized spacial score (nSPS) is 15.0. The maximum atomic E-state index is 13.9. The third-order valence-electron chi connectivity index (χ3n) is 10.2. The fraction of sp³-hybridized carbons (Fsp3) is 0.289. The number of para-hydroxylation sites is 2. The summed E-state index contributed by atoms with van der Waals surface area (Å²) in [6.07, 6.45) is 3.59. The summed E-state index contributed by atoms with van der Waals surface area (Å²) in [6, 6.07) is 21.8. The Balaban J connectivity index is 1.63. The monoisotopic (exact) mass is 742 g/mol. The number of ketones is 2. The number of anilines is 4. The molecule has 8 heteroatoms. The van der Waals surface area contributed by atoms with Crippen LogP contribution >= 0.6 is 23.2 Å². The third kappa shape index (κ3) is 6.16. The lowest BCUT2D eigenvalue weighted by atomic mass is 9.91. The summed E-state index contributed by atoms with van der Waals surface area (Å²) < 4.78 is 0. The first-order valence-corrected chi connectivity index (χ1v) is 19.1. The molecule has 0 spiro atoms. The minimum Gasteiger partial charge on any atom is -0.288 e. The van der Waals surface area contributed by atoms with Crippen molar-refractivity contribution in [3.8, 4) is 0 Å². The van der Waals surface area contributed by atoms with Gasteiger partial charge >= 0.3 is 0 Å². The first-order valence-electron chi connectivity index (χ1n) is 18.3. The Bertz CT molecular complexity index is 2240. The summed E-state index contributed by atoms with van der Waals surface area (Å²) in [5.41, 5.74) is 9.65. The van der Waals surface area contributed by atoms with Gasteiger partial charge < -0.3 is 0 Å². The molecule has 4 aromatic carbocycles. The van der Waals surface area contributed by atoms with Crippen LogP contribution in [0.4, 0.5) is 23.0 Å². The molecule has 53 heavy (non-hydrogen) atoms. The van der Waals surface area contributed by atoms with Crippen molar-refractivity contribution >= 4 is 68.8 Å². The zero-order valence-electron chi connectivity index (χ0n) is 31.7. The molecule has 6 nitrogen and oxygen atoms in total. The molecule has 2 heterocycles. The van der Waals surface area contributed by atoms with Gasteiger partial charge in [-0.05, 0) is 83.2 Å². The Morgan fingerprint density at radius 3 is 1.40 bits per heavy atom. The van der Waals surface area contributed by atoms with Gasteiger partial charge in [0.1, 0.15) is 5.82 Å². The average molecular weight is 744 g/mol. The van der Waals surface area contributed by atoms with Crippen LogP contribution in [0.1, 0.15) is 128 Å². The molecule has 1 aromatic heterocycles. The van der Waals surface area contributed by atoms with Crippen LogP contribution in [-0.4, -0.2) is 21.5 Å². The maximum Gasteiger partial charge on any atom is 0.197 e. The van der Waals surface area contributed by atoms with Gasteiger partial charge in [0.25, 0.3) is 0 Å². The predicted molar refractivity (Wildman–Crippen MR) is 219 cm³/mol. The molecule has 0 atom stereocenters. The van der Waals surface area contributed by atoms with Crippen molar-refractivity contribution in [3.05, 3.63) is 139 Å². The summed E-state index contributed by atoms with van der Waals surface area (Å²) >= 11 is 13.2. The fourth-order valence-corrected chi connectivity index (χ4v) is 7.84. The van der Waals surface area contributed by atoms with E-state index in [1.807, 2.05) is 19.1 Å². The van der Waals surface area contributed by atoms with Crippen molar-refractivity contribution in [1.82, 2.24) is 9.97 Å². The molecule has 2 aliphatic rings. The number of hydrogen-bond acceptors (Lipinski definition) is 6. The zero-order valence-corrected chi connectivity index (χ0v) is 33.2. The fourth-order valence-electron chi connectivity index (χ4n) is 7.53. The van der Waals surface area contributed by atoms with E-state index in [1.165, 1.54) is 0 Å². The van der Waals surface area contributed by atoms with Crippen LogP contribution in [0.5, 0.6) is 0 Å². The largest absolute Gasteiger partial charge is 0.288 e. The van der Waals surface area contributed by atoms with Gasteiger partial charge in [-0.1, -0.05) is 133 Å². The molecular weight excluding hydrogens is 699 g/mol. The van der Waals surface area contributed by atoms with Gasteiger partial charge in [-0.3, -0.25) is 19.4 Å². The van der Waals surface area contributed by atoms with E-state index in [4.69, 9.17) is 33.2 Å². The number of fused-ring (bicyclic) bond motifs is 3. The van der Waals surface area contributed by atoms with E-state index in [2.05, 4.69) is 102 Å². The number of benzene rings is 4. The molecule has 0 amide bonds. The Hall–Kier alpha value is -4.78. The highest BCUT2D eigenvalue weighted by atomic mass is 35.5. The summed E-state index contributed by atoms with van der Waals surface area (Å²) in [5, 5.41) is 0.780. The molecule has 0 saturated carbocycles. The van der Waals surface area contributed by atoms with Crippen LogP contribution in [0, 0.1) is 6.92 Å². The summed E-state index contributed by atoms with van der Waals surface area (Å²) in [7, 11) is 0. The number of aromatic nitrogens is 2. The van der Waals surface area contributed by atoms with Crippen LogP contribution in [0.3, 0.4) is 0 Å². The topological polar surface area (TPSA) is 66.4 Å². The molecule has 0 radical (unpaired) electrons. The zero-order chi connectivity index (χ0) is 38.0. The molecule has 0 bridgehead atoms. The van der Waals surface area contributed by atoms with Crippen molar-refractivity contribution in [2.75, 3.05) is 9.80 Å². The SMILES string of the molecule is Cc1ccc2c(c1)C(=O)/C(=C/C=C1N(c3c(C(C)C)cccc3C(C)C)c3nc4cc(Cl)c(Cl)cc4nc3N1c1c(C(C)C)cccc1C(C)C)C2=O. The van der Waals surface area contributed by atoms with E-state index >= 15 is 0 Å². The lowest BCUT2D eigenvalue weighted by Gasteiger charge is -2.32. The molecule has 0 saturated heterocycles. The predicted octanol–water partition coefficient (Wildman–Crippen LogP) is 12.9. The average Bonchev–Trinajstić information content (AvgIpc) is 3.54. The molecule has 0 unspecified atom stereocenters. The highest BCUT2D eigenvalue weighted by Gasteiger charge is 2.42. The number of nitrogens with zero attached hydrogens (tertiary/aromatic N) is 4. The molecule has 1 aliphatic heterocycles. The van der Waals surface area contributed by atoms with E-state index in [1.54, 1.807) is 30.3 Å². The molecule has 0 N–H and O–H groups in total. The number of aryl methyl sites for hydroxylation is 1. The van der Waals surface area contributed by atoms with Crippen molar-refractivity contribution < 1.29 is 9.59 Å². The minimum absolute atomic E-state index is 0.126. The number of allylic oxidation sites excluding steroid dienone is 3. The van der Waals surface area contributed by atoms with Gasteiger partial charge in [0.2, 0.25) is 0 Å². The second kappa shape index (κ2) is 13.9. The molecule has 270 valence electrons. The van der Waals surface area contributed by atoms with Gasteiger partial charge in [0.05, 0.1) is 38.0 Å². The number of halogens is 2. The highest BCUT2D eigenvalue weighted by molar-refractivity contribution is 6.42. The van der Waals surface area contributed by atoms with Gasteiger partial charge in [-0.25, -0.2) is 9.97 Å². The maximum absolute atomic E-state index is 13.9. The lowest BCUT2D eigenvalue weighted by Crippen LogP contribution is -2.26. The lowest BCUT2D eigenvalue weighted by molar-refractivity contribution is 0.0988. The summed E-state index contributed by atoms with van der Waals surface area (Å²) in [5.74, 6) is 2.02. The van der Waals surface area contributed by atoms with E-state index in [0.29, 0.717) is 49.7 Å². The second-order valence-corrected chi connectivity index (χ2v) is 16.1. The molecule has 5 aromatic rings. The van der Waals surface area contributed by atoms with Crippen molar-refractivity contribution in [3.63, 3.8) is 0 Å². The Kier molecular flexibility index (Phi) is 9.58. The van der Waals surface area contributed by atoms with Crippen LogP contribution in [0.15, 0.2) is 90.3 Å². The number of Topliss-reactive ketones (excluding diaryl/α,β-unsaturated/α-hetero) is 2. The number of hydrogen-bond donors (Lipinski definition) is 0. The molecular formula is C45H44Cl2N4O2. The van der Waals surface area contributed by atoms with Gasteiger partial charge in [-0.2, -0.15) is 0 Å². The Morgan fingerprint density at radius 2 is 0.981 bits per heavy atom. The summed E-state index contributed by atoms with van der Waals surface area (Å²) in [4.78, 5) is 42.7. The van der Waals surface area contributed by atoms with Crippen molar-refractivity contribution in [2.24, 2.45) is 0 Å². The number of carbonyl (C=O) groups excluding carboxylic acids is 2. The molecule has 1 aliphatic carbocycles. The van der Waals surface area contributed by atoms with Crippen molar-refractivity contribution in [1.29, 1.82) is 0 Å². The summed E-state index contributed by atoms with van der Waals surface area (Å²) in [6.45, 7) is 19.5. The van der Waals surface area contributed by atoms with E-state index < -0.39 is 0 Å². The van der Waals surface area contributed by atoms with E-state index in [9.17, 15) is 9.59 Å². The first kappa shape index (κ1) is 36.6. The standard InChI is InChI=1S/C45H44Cl2N4O2/c1-23(2)28-12-10-13-29(24(3)4)40(28)50-39(19-18-33-42(52)32-17-16-27(9)20-34(32)43(33)53)51(41-30(25(5)6)14-11-15-31(41)26(7)8)45-44(50)48-37-21-35(46)36(47)22-38(37)49-45/h10-26H,1-9H3/b33-18+. The van der Waals surface area contributed by atoms with Gasteiger partial charge in [-0.15, -0.1) is 0 Å². The first-order chi connectivity index (χ1) is 25.2. The van der Waals surface area contributed by atoms with Crippen LogP contribution in [0.2, 0.25) is 10.0 Å². The van der Waals surface area contributed by atoms with Crippen LogP contribution < -0.4 is 9.80 Å². The number of rotatable bonds is 7. The second-order valence-electron chi connectivity index (χ2n) is 15.3. The number of carbonyl (C=O) groups is 2. The Labute approximate surface area is 322 Å². The molecule has 7 rings (SSSR count). The van der Waals surface area contributed by atoms with E-state index in [0.717, 1.165) is 39.2 Å². The minimum atomic E-state index is -0.280. The quantitative estimate of drug-likeness (QED) is 0.122. The van der Waals surface area contributed by atoms with Gasteiger partial charge in [0.15, 0.2) is 23.2 Å². The highest BCUT2D eigenvalue weighted by Crippen LogP contribution is 2.54. The molecule has 0 fully saturated rings. The van der Waals surface area contributed by atoms with Crippen molar-refractivity contribution in [2.45, 2.75) is 86.0 Å².